The first kappa shape index (κ1) is 17.2. The van der Waals surface area contributed by atoms with Crippen LogP contribution in [0.25, 0.3) is 22.4 Å². The highest BCUT2D eigenvalue weighted by Crippen LogP contribution is 2.46. The summed E-state index contributed by atoms with van der Waals surface area (Å²) in [4.78, 5) is 48.7. The average Bonchev–Trinajstić information content (AvgIpc) is 3.16. The Morgan fingerprint density at radius 2 is 1.66 bits per heavy atom. The van der Waals surface area contributed by atoms with Gasteiger partial charge in [0.15, 0.2) is 17.1 Å². The summed E-state index contributed by atoms with van der Waals surface area (Å²) in [5.41, 5.74) is 2.89. The number of hydrogen-bond acceptors (Lipinski definition) is 6. The van der Waals surface area contributed by atoms with E-state index >= 15 is 0 Å². The molecule has 144 valence electrons. The van der Waals surface area contributed by atoms with Crippen LogP contribution in [0.3, 0.4) is 0 Å². The normalized spacial score (nSPS) is 15.1. The predicted molar refractivity (Wildman–Crippen MR) is 107 cm³/mol. The van der Waals surface area contributed by atoms with Crippen LogP contribution < -0.4 is 10.6 Å². The van der Waals surface area contributed by atoms with E-state index in [2.05, 4.69) is 29.9 Å². The highest BCUT2D eigenvalue weighted by molar-refractivity contribution is 6.12. The number of hydrogen-bond donors (Lipinski definition) is 2. The fourth-order valence-electron chi connectivity index (χ4n) is 3.61. The quantitative estimate of drug-likeness (QED) is 0.545. The largest absolute Gasteiger partial charge is 0.326 e. The number of rotatable bonds is 2. The Kier molecular flexibility index (Phi) is 3.45. The van der Waals surface area contributed by atoms with E-state index in [1.807, 2.05) is 39.0 Å². The molecule has 4 aromatic rings. The van der Waals surface area contributed by atoms with Crippen molar-refractivity contribution in [2.75, 3.05) is 4.90 Å². The molecule has 1 aromatic carbocycles. The van der Waals surface area contributed by atoms with Crippen molar-refractivity contribution in [3.05, 3.63) is 58.7 Å². The lowest BCUT2D eigenvalue weighted by molar-refractivity contribution is -0.121. The van der Waals surface area contributed by atoms with Gasteiger partial charge in [-0.25, -0.2) is 24.7 Å². The second-order valence-electron chi connectivity index (χ2n) is 7.52. The molecule has 2 N–H and O–H groups in total. The van der Waals surface area contributed by atoms with Crippen LogP contribution in [-0.2, 0) is 10.2 Å². The Morgan fingerprint density at radius 1 is 0.931 bits per heavy atom. The van der Waals surface area contributed by atoms with E-state index in [1.165, 1.54) is 6.20 Å². The van der Waals surface area contributed by atoms with Crippen LogP contribution in [-0.4, -0.2) is 35.8 Å². The Morgan fingerprint density at radius 3 is 2.41 bits per heavy atom. The summed E-state index contributed by atoms with van der Waals surface area (Å²) in [5, 5.41) is 0. The molecule has 9 heteroatoms. The van der Waals surface area contributed by atoms with E-state index in [0.717, 1.165) is 22.4 Å². The molecule has 1 amide bonds. The number of imidazole rings is 1. The molecule has 1 aliphatic heterocycles. The minimum Gasteiger partial charge on any atom is -0.289 e. The maximum atomic E-state index is 13.3. The molecule has 0 bridgehead atoms. The first-order valence-electron chi connectivity index (χ1n) is 9.08. The van der Waals surface area contributed by atoms with Gasteiger partial charge in [-0.2, -0.15) is 0 Å². The molecule has 29 heavy (non-hydrogen) atoms. The van der Waals surface area contributed by atoms with Crippen molar-refractivity contribution in [2.45, 2.75) is 26.2 Å². The van der Waals surface area contributed by atoms with Crippen molar-refractivity contribution in [1.82, 2.24) is 29.9 Å². The first-order valence-corrected chi connectivity index (χ1v) is 9.08. The van der Waals surface area contributed by atoms with Gasteiger partial charge in [-0.15, -0.1) is 0 Å². The van der Waals surface area contributed by atoms with Gasteiger partial charge in [0.05, 0.1) is 17.3 Å². The highest BCUT2D eigenvalue weighted by Gasteiger charge is 2.45. The van der Waals surface area contributed by atoms with Crippen LogP contribution in [0.4, 0.5) is 11.5 Å². The second kappa shape index (κ2) is 5.81. The third-order valence-electron chi connectivity index (χ3n) is 5.22. The van der Waals surface area contributed by atoms with Crippen LogP contribution in [0, 0.1) is 6.92 Å². The standard InChI is InChI=1S/C20H17N7O2/c1-10-21-7-12(8-22-10)11-4-5-13-14(6-11)27(18(28)20(13,2)3)15-9-23-16-17(24-15)26-19(29)25-16/h4-9H,1-3H3,(H2,23,24,25,26,29). The van der Waals surface area contributed by atoms with Crippen LogP contribution in [0.5, 0.6) is 0 Å². The number of nitrogens with one attached hydrogen (secondary N) is 2. The number of benzene rings is 1. The lowest BCUT2D eigenvalue weighted by Gasteiger charge is -2.19. The molecule has 0 radical (unpaired) electrons. The molecular weight excluding hydrogens is 370 g/mol. The zero-order valence-electron chi connectivity index (χ0n) is 16.0. The van der Waals surface area contributed by atoms with Gasteiger partial charge in [-0.1, -0.05) is 12.1 Å². The van der Waals surface area contributed by atoms with Gasteiger partial charge >= 0.3 is 5.69 Å². The van der Waals surface area contributed by atoms with Gasteiger partial charge in [0, 0.05) is 18.0 Å². The number of carbonyl (C=O) groups excluding carboxylic acids is 1. The second-order valence-corrected chi connectivity index (χ2v) is 7.52. The van der Waals surface area contributed by atoms with E-state index in [1.54, 1.807) is 17.3 Å². The zero-order valence-corrected chi connectivity index (χ0v) is 16.0. The Bertz CT molecular complexity index is 1340. The monoisotopic (exact) mass is 387 g/mol. The number of carbonyl (C=O) groups is 1. The van der Waals surface area contributed by atoms with Crippen LogP contribution >= 0.6 is 0 Å². The molecule has 0 saturated heterocycles. The lowest BCUT2D eigenvalue weighted by atomic mass is 9.85. The SMILES string of the molecule is Cc1ncc(-c2ccc3c(c2)N(c2cnc4[nH]c(=O)[nH]c4n2)C(=O)C3(C)C)cn1. The average molecular weight is 387 g/mol. The number of aromatic amines is 2. The fourth-order valence-corrected chi connectivity index (χ4v) is 3.61. The molecule has 0 unspecified atom stereocenters. The maximum absolute atomic E-state index is 13.3. The number of fused-ring (bicyclic) bond motifs is 2. The molecule has 0 spiro atoms. The summed E-state index contributed by atoms with van der Waals surface area (Å²) in [6.07, 6.45) is 5.00. The molecule has 1 aliphatic rings. The number of anilines is 2. The zero-order chi connectivity index (χ0) is 20.3. The molecule has 4 heterocycles. The summed E-state index contributed by atoms with van der Waals surface area (Å²) in [5.74, 6) is 0.926. The Labute approximate surface area is 164 Å². The summed E-state index contributed by atoms with van der Waals surface area (Å²) in [7, 11) is 0. The van der Waals surface area contributed by atoms with Crippen LogP contribution in [0.1, 0.15) is 25.2 Å². The molecule has 9 nitrogen and oxygen atoms in total. The Hall–Kier alpha value is -3.88. The molecule has 3 aromatic heterocycles. The summed E-state index contributed by atoms with van der Waals surface area (Å²) in [6.45, 7) is 5.59. The van der Waals surface area contributed by atoms with Crippen molar-refractivity contribution in [1.29, 1.82) is 0 Å². The topological polar surface area (TPSA) is 121 Å². The van der Waals surface area contributed by atoms with Crippen LogP contribution in [0.2, 0.25) is 0 Å². The lowest BCUT2D eigenvalue weighted by Crippen LogP contribution is -2.33. The summed E-state index contributed by atoms with van der Waals surface area (Å²) >= 11 is 0. The predicted octanol–water partition coefficient (Wildman–Crippen LogP) is 2.37. The van der Waals surface area contributed by atoms with Crippen molar-refractivity contribution in [3.8, 4) is 11.1 Å². The van der Waals surface area contributed by atoms with Gasteiger partial charge in [0.2, 0.25) is 5.91 Å². The molecule has 0 fully saturated rings. The molecular formula is C20H17N7O2. The van der Waals surface area contributed by atoms with E-state index < -0.39 is 11.1 Å². The minimum atomic E-state index is -0.722. The third-order valence-corrected chi connectivity index (χ3v) is 5.22. The summed E-state index contributed by atoms with van der Waals surface area (Å²) in [6, 6.07) is 5.85. The van der Waals surface area contributed by atoms with E-state index in [4.69, 9.17) is 0 Å². The fraction of sp³-hybridized carbons (Fsp3) is 0.200. The van der Waals surface area contributed by atoms with Gasteiger partial charge in [-0.05, 0) is 38.0 Å². The van der Waals surface area contributed by atoms with E-state index in [0.29, 0.717) is 22.9 Å². The maximum Gasteiger partial charge on any atom is 0.326 e. The van der Waals surface area contributed by atoms with Gasteiger partial charge < -0.3 is 0 Å². The molecule has 0 aliphatic carbocycles. The van der Waals surface area contributed by atoms with Gasteiger partial charge in [0.1, 0.15) is 5.82 Å². The molecule has 0 atom stereocenters. The number of amides is 1. The first-order chi connectivity index (χ1) is 13.8. The van der Waals surface area contributed by atoms with Crippen molar-refractivity contribution in [3.63, 3.8) is 0 Å². The van der Waals surface area contributed by atoms with E-state index in [9.17, 15) is 9.59 Å². The number of aryl methyl sites for hydroxylation is 1. The van der Waals surface area contributed by atoms with Crippen molar-refractivity contribution >= 4 is 28.7 Å². The number of H-pyrrole nitrogens is 2. The minimum absolute atomic E-state index is 0.115. The van der Waals surface area contributed by atoms with E-state index in [-0.39, 0.29) is 5.91 Å². The molecule has 5 rings (SSSR count). The molecule has 0 saturated carbocycles. The number of nitrogens with zero attached hydrogens (tertiary/aromatic N) is 5. The highest BCUT2D eigenvalue weighted by atomic mass is 16.2. The van der Waals surface area contributed by atoms with Crippen molar-refractivity contribution in [2.24, 2.45) is 0 Å². The van der Waals surface area contributed by atoms with Gasteiger partial charge in [-0.3, -0.25) is 19.7 Å². The van der Waals surface area contributed by atoms with Gasteiger partial charge in [0.25, 0.3) is 0 Å². The van der Waals surface area contributed by atoms with Crippen LogP contribution in [0.15, 0.2) is 41.6 Å². The third kappa shape index (κ3) is 2.54. The number of aromatic nitrogens is 6. The smallest absolute Gasteiger partial charge is 0.289 e. The Balaban J connectivity index is 1.69. The summed E-state index contributed by atoms with van der Waals surface area (Å²) < 4.78 is 0. The van der Waals surface area contributed by atoms with Crippen molar-refractivity contribution < 1.29 is 4.79 Å².